The van der Waals surface area contributed by atoms with Crippen LogP contribution in [0.3, 0.4) is 0 Å². The van der Waals surface area contributed by atoms with Crippen molar-refractivity contribution >= 4 is 29.1 Å². The maximum Gasteiger partial charge on any atom is 0.251 e. The molecule has 1 atom stereocenters. The lowest BCUT2D eigenvalue weighted by atomic mass is 10.1. The fraction of sp³-hybridized carbons (Fsp3) is 0.188. The molecule has 1 amide bonds. The van der Waals surface area contributed by atoms with E-state index in [0.29, 0.717) is 21.2 Å². The van der Waals surface area contributed by atoms with Crippen molar-refractivity contribution in [2.24, 2.45) is 0 Å². The monoisotopic (exact) mass is 341 g/mol. The summed E-state index contributed by atoms with van der Waals surface area (Å²) in [5.74, 6) is -0.663. The molecule has 22 heavy (non-hydrogen) atoms. The van der Waals surface area contributed by atoms with E-state index in [0.717, 1.165) is 0 Å². The van der Waals surface area contributed by atoms with Crippen LogP contribution in [-0.4, -0.2) is 13.0 Å². The number of benzene rings is 2. The predicted octanol–water partition coefficient (Wildman–Crippen LogP) is 4.63. The summed E-state index contributed by atoms with van der Waals surface area (Å²) in [5.41, 5.74) is 0.970. The Morgan fingerprint density at radius 3 is 2.36 bits per heavy atom. The predicted molar refractivity (Wildman–Crippen MR) is 85.3 cm³/mol. The summed E-state index contributed by atoms with van der Waals surface area (Å²) < 4.78 is 18.6. The summed E-state index contributed by atoms with van der Waals surface area (Å²) in [5, 5.41) is 3.52. The lowest BCUT2D eigenvalue weighted by Gasteiger charge is -2.15. The summed E-state index contributed by atoms with van der Waals surface area (Å²) in [7, 11) is 1.40. The van der Waals surface area contributed by atoms with E-state index < -0.39 is 5.82 Å². The SMILES string of the molecule is COc1ccc(C(C)NC(=O)c2cc(Cl)cc(Cl)c2)cc1F. The molecular formula is C16H14Cl2FNO2. The summed E-state index contributed by atoms with van der Waals surface area (Å²) >= 11 is 11.7. The second kappa shape index (κ2) is 6.99. The van der Waals surface area contributed by atoms with Gasteiger partial charge in [-0.15, -0.1) is 0 Å². The molecule has 116 valence electrons. The molecule has 0 fully saturated rings. The highest BCUT2D eigenvalue weighted by Gasteiger charge is 2.14. The molecule has 6 heteroatoms. The minimum absolute atomic E-state index is 0.156. The van der Waals surface area contributed by atoms with Gasteiger partial charge >= 0.3 is 0 Å². The number of methoxy groups -OCH3 is 1. The summed E-state index contributed by atoms with van der Waals surface area (Å²) in [6.45, 7) is 1.76. The number of amides is 1. The average Bonchev–Trinajstić information content (AvgIpc) is 2.46. The lowest BCUT2D eigenvalue weighted by molar-refractivity contribution is 0.0940. The molecule has 3 nitrogen and oxygen atoms in total. The number of carbonyl (C=O) groups is 1. The van der Waals surface area contributed by atoms with Gasteiger partial charge in [-0.1, -0.05) is 29.3 Å². The van der Waals surface area contributed by atoms with E-state index in [1.165, 1.54) is 31.4 Å². The maximum absolute atomic E-state index is 13.7. The molecule has 2 rings (SSSR count). The van der Waals surface area contributed by atoms with Crippen LogP contribution in [0.15, 0.2) is 36.4 Å². The highest BCUT2D eigenvalue weighted by Crippen LogP contribution is 2.23. The van der Waals surface area contributed by atoms with Crippen LogP contribution in [0.1, 0.15) is 28.9 Å². The van der Waals surface area contributed by atoms with Crippen molar-refractivity contribution in [2.45, 2.75) is 13.0 Å². The molecule has 2 aromatic carbocycles. The second-order valence-corrected chi connectivity index (χ2v) is 5.62. The first-order chi connectivity index (χ1) is 10.4. The van der Waals surface area contributed by atoms with Crippen LogP contribution in [0.5, 0.6) is 5.75 Å². The van der Waals surface area contributed by atoms with E-state index >= 15 is 0 Å². The largest absolute Gasteiger partial charge is 0.494 e. The van der Waals surface area contributed by atoms with Gasteiger partial charge in [0.25, 0.3) is 5.91 Å². The molecule has 0 bridgehead atoms. The van der Waals surface area contributed by atoms with Crippen molar-refractivity contribution in [3.05, 3.63) is 63.4 Å². The minimum Gasteiger partial charge on any atom is -0.494 e. The normalized spacial score (nSPS) is 11.9. The number of carbonyl (C=O) groups excluding carboxylic acids is 1. The third-order valence-corrected chi connectivity index (χ3v) is 3.58. The molecule has 0 heterocycles. The molecule has 1 unspecified atom stereocenters. The molecule has 0 saturated heterocycles. The van der Waals surface area contributed by atoms with E-state index in [1.54, 1.807) is 19.1 Å². The maximum atomic E-state index is 13.7. The first-order valence-corrected chi connectivity index (χ1v) is 7.26. The van der Waals surface area contributed by atoms with Gasteiger partial charge in [0.05, 0.1) is 13.2 Å². The first-order valence-electron chi connectivity index (χ1n) is 6.51. The van der Waals surface area contributed by atoms with E-state index in [9.17, 15) is 9.18 Å². The van der Waals surface area contributed by atoms with Crippen LogP contribution in [0.25, 0.3) is 0 Å². The third-order valence-electron chi connectivity index (χ3n) is 3.15. The quantitative estimate of drug-likeness (QED) is 0.880. The fourth-order valence-corrected chi connectivity index (χ4v) is 2.53. The average molecular weight is 342 g/mol. The molecule has 0 spiro atoms. The molecule has 0 aromatic heterocycles. The first kappa shape index (κ1) is 16.6. The Morgan fingerprint density at radius 1 is 1.18 bits per heavy atom. The van der Waals surface area contributed by atoms with Crippen LogP contribution < -0.4 is 10.1 Å². The van der Waals surface area contributed by atoms with Crippen molar-refractivity contribution in [3.8, 4) is 5.75 Å². The molecule has 0 aliphatic rings. The molecule has 0 aliphatic carbocycles. The Balaban J connectivity index is 2.15. The van der Waals surface area contributed by atoms with Gasteiger partial charge in [-0.25, -0.2) is 4.39 Å². The van der Waals surface area contributed by atoms with Gasteiger partial charge in [0, 0.05) is 15.6 Å². The molecule has 0 saturated carbocycles. The Bertz CT molecular complexity index is 686. The van der Waals surface area contributed by atoms with Crippen molar-refractivity contribution < 1.29 is 13.9 Å². The van der Waals surface area contributed by atoms with Crippen molar-refractivity contribution in [3.63, 3.8) is 0 Å². The van der Waals surface area contributed by atoms with Crippen LogP contribution >= 0.6 is 23.2 Å². The molecule has 1 N–H and O–H groups in total. The minimum atomic E-state index is -0.480. The Morgan fingerprint density at radius 2 is 1.82 bits per heavy atom. The summed E-state index contributed by atoms with van der Waals surface area (Å²) in [4.78, 5) is 12.2. The van der Waals surface area contributed by atoms with Gasteiger partial charge < -0.3 is 10.1 Å². The number of hydrogen-bond donors (Lipinski definition) is 1. The van der Waals surface area contributed by atoms with Crippen LogP contribution in [0.4, 0.5) is 4.39 Å². The highest BCUT2D eigenvalue weighted by molar-refractivity contribution is 6.35. The molecule has 2 aromatic rings. The van der Waals surface area contributed by atoms with Crippen LogP contribution in [0, 0.1) is 5.82 Å². The lowest BCUT2D eigenvalue weighted by Crippen LogP contribution is -2.26. The second-order valence-electron chi connectivity index (χ2n) is 4.75. The van der Waals surface area contributed by atoms with Gasteiger partial charge in [-0.05, 0) is 42.8 Å². The van der Waals surface area contributed by atoms with Gasteiger partial charge in [0.1, 0.15) is 0 Å². The van der Waals surface area contributed by atoms with E-state index in [-0.39, 0.29) is 17.7 Å². The molecule has 0 radical (unpaired) electrons. The van der Waals surface area contributed by atoms with Gasteiger partial charge in [0.15, 0.2) is 11.6 Å². The Hall–Kier alpha value is -1.78. The zero-order valence-electron chi connectivity index (χ0n) is 12.0. The van der Waals surface area contributed by atoms with Crippen LogP contribution in [-0.2, 0) is 0 Å². The Labute approximate surface area is 138 Å². The number of halogens is 3. The van der Waals surface area contributed by atoms with E-state index in [1.807, 2.05) is 0 Å². The third kappa shape index (κ3) is 3.90. The van der Waals surface area contributed by atoms with E-state index in [4.69, 9.17) is 27.9 Å². The van der Waals surface area contributed by atoms with E-state index in [2.05, 4.69) is 5.32 Å². The number of ether oxygens (including phenoxy) is 1. The smallest absolute Gasteiger partial charge is 0.251 e. The molecule has 0 aliphatic heterocycles. The van der Waals surface area contributed by atoms with Gasteiger partial charge in [-0.3, -0.25) is 4.79 Å². The van der Waals surface area contributed by atoms with Crippen molar-refractivity contribution in [1.29, 1.82) is 0 Å². The van der Waals surface area contributed by atoms with Gasteiger partial charge in [0.2, 0.25) is 0 Å². The zero-order valence-corrected chi connectivity index (χ0v) is 13.5. The number of hydrogen-bond acceptors (Lipinski definition) is 2. The Kier molecular flexibility index (Phi) is 5.27. The number of rotatable bonds is 4. The topological polar surface area (TPSA) is 38.3 Å². The summed E-state index contributed by atoms with van der Waals surface area (Å²) in [6.07, 6.45) is 0. The van der Waals surface area contributed by atoms with Crippen LogP contribution in [0.2, 0.25) is 10.0 Å². The van der Waals surface area contributed by atoms with Crippen molar-refractivity contribution in [2.75, 3.05) is 7.11 Å². The standard InChI is InChI=1S/C16H14Cl2FNO2/c1-9(10-3-4-15(22-2)14(19)7-10)20-16(21)11-5-12(17)8-13(18)6-11/h3-9H,1-2H3,(H,20,21). The molecular weight excluding hydrogens is 328 g/mol. The van der Waals surface area contributed by atoms with Gasteiger partial charge in [-0.2, -0.15) is 0 Å². The fourth-order valence-electron chi connectivity index (χ4n) is 2.00. The zero-order chi connectivity index (χ0) is 16.3. The number of nitrogens with one attached hydrogen (secondary N) is 1. The van der Waals surface area contributed by atoms with Crippen molar-refractivity contribution in [1.82, 2.24) is 5.32 Å². The highest BCUT2D eigenvalue weighted by atomic mass is 35.5. The summed E-state index contributed by atoms with van der Waals surface area (Å²) in [6, 6.07) is 8.73.